The van der Waals surface area contributed by atoms with Crippen LogP contribution in [-0.2, 0) is 14.3 Å². The van der Waals surface area contributed by atoms with Crippen molar-refractivity contribution in [1.82, 2.24) is 0 Å². The Morgan fingerprint density at radius 3 is 2.23 bits per heavy atom. The fourth-order valence-electron chi connectivity index (χ4n) is 1.09. The van der Waals surface area contributed by atoms with Crippen LogP contribution in [0.2, 0.25) is 0 Å². The highest BCUT2D eigenvalue weighted by Gasteiger charge is 2.30. The Morgan fingerprint density at radius 2 is 1.92 bits per heavy atom. The molecule has 0 saturated heterocycles. The average Bonchev–Trinajstić information content (AvgIpc) is 2.13. The molecule has 0 rings (SSSR count). The van der Waals surface area contributed by atoms with Crippen molar-refractivity contribution in [2.24, 2.45) is 0 Å². The van der Waals surface area contributed by atoms with Gasteiger partial charge in [0.15, 0.2) is 0 Å². The van der Waals surface area contributed by atoms with Crippen LogP contribution >= 0.6 is 0 Å². The molecular weight excluding hydrogens is 168 g/mol. The number of ether oxygens (including phenoxy) is 2. The van der Waals surface area contributed by atoms with Crippen LogP contribution in [0.4, 0.5) is 0 Å². The summed E-state index contributed by atoms with van der Waals surface area (Å²) in [7, 11) is 1.63. The highest BCUT2D eigenvalue weighted by molar-refractivity contribution is 5.69. The van der Waals surface area contributed by atoms with Crippen LogP contribution in [0.3, 0.4) is 0 Å². The van der Waals surface area contributed by atoms with Crippen LogP contribution in [-0.4, -0.2) is 24.8 Å². The van der Waals surface area contributed by atoms with Crippen molar-refractivity contribution < 1.29 is 14.3 Å². The minimum absolute atomic E-state index is 0.162. The van der Waals surface area contributed by atoms with E-state index < -0.39 is 5.60 Å². The third kappa shape index (κ3) is 3.77. The molecule has 0 aromatic heterocycles. The molecule has 0 amide bonds. The van der Waals surface area contributed by atoms with Crippen LogP contribution in [0.1, 0.15) is 40.5 Å². The van der Waals surface area contributed by atoms with E-state index in [0.717, 1.165) is 6.42 Å². The molecule has 0 spiro atoms. The van der Waals surface area contributed by atoms with Crippen molar-refractivity contribution in [3.05, 3.63) is 0 Å². The van der Waals surface area contributed by atoms with E-state index in [9.17, 15) is 4.79 Å². The molecule has 0 radical (unpaired) electrons. The molecule has 0 aliphatic heterocycles. The third-order valence-corrected chi connectivity index (χ3v) is 2.23. The highest BCUT2D eigenvalue weighted by atomic mass is 16.6. The topological polar surface area (TPSA) is 35.5 Å². The predicted molar refractivity (Wildman–Crippen MR) is 51.6 cm³/mol. The van der Waals surface area contributed by atoms with E-state index in [1.54, 1.807) is 14.0 Å². The number of hydrogen-bond acceptors (Lipinski definition) is 3. The molecule has 13 heavy (non-hydrogen) atoms. The van der Waals surface area contributed by atoms with Gasteiger partial charge in [0.1, 0.15) is 6.10 Å². The molecule has 0 heterocycles. The zero-order valence-electron chi connectivity index (χ0n) is 9.22. The maximum atomic E-state index is 11.1. The molecule has 0 N–H and O–H groups in total. The highest BCUT2D eigenvalue weighted by Crippen LogP contribution is 2.20. The van der Waals surface area contributed by atoms with E-state index in [2.05, 4.69) is 0 Å². The largest absolute Gasteiger partial charge is 0.459 e. The van der Waals surface area contributed by atoms with E-state index in [1.165, 1.54) is 0 Å². The first kappa shape index (κ1) is 12.4. The monoisotopic (exact) mass is 188 g/mol. The molecule has 0 aliphatic rings. The maximum absolute atomic E-state index is 11.1. The van der Waals surface area contributed by atoms with Crippen LogP contribution < -0.4 is 0 Å². The number of carbonyl (C=O) groups excluding carboxylic acids is 1. The van der Waals surface area contributed by atoms with Gasteiger partial charge in [0.25, 0.3) is 0 Å². The van der Waals surface area contributed by atoms with Gasteiger partial charge in [0, 0.05) is 13.5 Å². The van der Waals surface area contributed by atoms with Gasteiger partial charge in [0.05, 0.1) is 5.60 Å². The van der Waals surface area contributed by atoms with Gasteiger partial charge in [0.2, 0.25) is 0 Å². The second-order valence-electron chi connectivity index (χ2n) is 3.55. The minimum atomic E-state index is -0.403. The number of methoxy groups -OCH3 is 1. The zero-order chi connectivity index (χ0) is 10.5. The van der Waals surface area contributed by atoms with Gasteiger partial charge < -0.3 is 9.47 Å². The quantitative estimate of drug-likeness (QED) is 0.620. The van der Waals surface area contributed by atoms with Crippen molar-refractivity contribution >= 4 is 5.97 Å². The minimum Gasteiger partial charge on any atom is -0.459 e. The summed E-state index contributed by atoms with van der Waals surface area (Å²) in [4.78, 5) is 11.1. The molecular formula is C10H20O3. The Labute approximate surface area is 80.4 Å². The van der Waals surface area contributed by atoms with Crippen molar-refractivity contribution in [2.75, 3.05) is 7.11 Å². The van der Waals surface area contributed by atoms with Crippen LogP contribution in [0.5, 0.6) is 0 Å². The second-order valence-corrected chi connectivity index (χ2v) is 3.55. The average molecular weight is 188 g/mol. The van der Waals surface area contributed by atoms with E-state index in [-0.39, 0.29) is 12.1 Å². The summed E-state index contributed by atoms with van der Waals surface area (Å²) < 4.78 is 10.5. The lowest BCUT2D eigenvalue weighted by atomic mass is 9.99. The molecule has 3 heteroatoms. The Kier molecular flexibility index (Phi) is 4.99. The lowest BCUT2D eigenvalue weighted by Crippen LogP contribution is -2.40. The van der Waals surface area contributed by atoms with E-state index in [4.69, 9.17) is 9.47 Å². The lowest BCUT2D eigenvalue weighted by molar-refractivity contribution is -0.165. The van der Waals surface area contributed by atoms with Crippen molar-refractivity contribution in [2.45, 2.75) is 52.2 Å². The van der Waals surface area contributed by atoms with Crippen LogP contribution in [0, 0.1) is 0 Å². The van der Waals surface area contributed by atoms with E-state index in [0.29, 0.717) is 6.42 Å². The number of rotatable bonds is 5. The fraction of sp³-hybridized carbons (Fsp3) is 0.900. The summed E-state index contributed by atoms with van der Waals surface area (Å²) in [6.45, 7) is 7.61. The number of hydrogen-bond donors (Lipinski definition) is 0. The maximum Gasteiger partial charge on any atom is 0.305 e. The van der Waals surface area contributed by atoms with Gasteiger partial charge >= 0.3 is 5.97 Å². The smallest absolute Gasteiger partial charge is 0.305 e. The standard InChI is InChI=1S/C10H20O3/c1-6-8(10(3,4)12-5)13-9(11)7-2/h8H,6-7H2,1-5H3. The number of esters is 1. The van der Waals surface area contributed by atoms with Gasteiger partial charge in [-0.1, -0.05) is 13.8 Å². The molecule has 0 aliphatic carbocycles. The summed E-state index contributed by atoms with van der Waals surface area (Å²) in [6.07, 6.45) is 1.02. The molecule has 0 bridgehead atoms. The third-order valence-electron chi connectivity index (χ3n) is 2.23. The molecule has 3 nitrogen and oxygen atoms in total. The summed E-state index contributed by atoms with van der Waals surface area (Å²) in [5, 5.41) is 0. The first-order chi connectivity index (χ1) is 5.97. The number of carbonyl (C=O) groups is 1. The van der Waals surface area contributed by atoms with Gasteiger partial charge in [-0.05, 0) is 20.3 Å². The van der Waals surface area contributed by atoms with Gasteiger partial charge in [-0.3, -0.25) is 4.79 Å². The first-order valence-electron chi connectivity index (χ1n) is 4.72. The zero-order valence-corrected chi connectivity index (χ0v) is 9.22. The molecule has 0 aromatic rings. The van der Waals surface area contributed by atoms with Gasteiger partial charge in [-0.25, -0.2) is 0 Å². The van der Waals surface area contributed by atoms with Crippen LogP contribution in [0.25, 0.3) is 0 Å². The van der Waals surface area contributed by atoms with Gasteiger partial charge in [-0.15, -0.1) is 0 Å². The first-order valence-corrected chi connectivity index (χ1v) is 4.72. The molecule has 1 atom stereocenters. The lowest BCUT2D eigenvalue weighted by Gasteiger charge is -2.31. The second kappa shape index (κ2) is 5.22. The predicted octanol–water partition coefficient (Wildman–Crippen LogP) is 2.14. The SMILES string of the molecule is CCC(=O)OC(CC)C(C)(C)OC. The summed E-state index contributed by atoms with van der Waals surface area (Å²) in [6, 6.07) is 0. The normalized spacial score (nSPS) is 13.9. The molecule has 0 saturated carbocycles. The van der Waals surface area contributed by atoms with E-state index in [1.807, 2.05) is 20.8 Å². The summed E-state index contributed by atoms with van der Waals surface area (Å²) in [5.41, 5.74) is -0.403. The Hall–Kier alpha value is -0.570. The van der Waals surface area contributed by atoms with Crippen LogP contribution in [0.15, 0.2) is 0 Å². The van der Waals surface area contributed by atoms with Crippen molar-refractivity contribution in [3.8, 4) is 0 Å². The van der Waals surface area contributed by atoms with E-state index >= 15 is 0 Å². The van der Waals surface area contributed by atoms with Crippen molar-refractivity contribution in [1.29, 1.82) is 0 Å². The molecule has 0 aromatic carbocycles. The Bertz CT molecular complexity index is 164. The summed E-state index contributed by atoms with van der Waals surface area (Å²) >= 11 is 0. The van der Waals surface area contributed by atoms with Crippen molar-refractivity contribution in [3.63, 3.8) is 0 Å². The molecule has 0 fully saturated rings. The Morgan fingerprint density at radius 1 is 1.38 bits per heavy atom. The molecule has 78 valence electrons. The van der Waals surface area contributed by atoms with Gasteiger partial charge in [-0.2, -0.15) is 0 Å². The molecule has 1 unspecified atom stereocenters. The summed E-state index contributed by atoms with van der Waals surface area (Å²) in [5.74, 6) is -0.169. The Balaban J connectivity index is 4.25. The fourth-order valence-corrected chi connectivity index (χ4v) is 1.09.